The summed E-state index contributed by atoms with van der Waals surface area (Å²) >= 11 is 0. The van der Waals surface area contributed by atoms with Crippen LogP contribution in [0.4, 0.5) is 13.2 Å². The minimum atomic E-state index is -4.54. The molecule has 5 aromatic rings. The van der Waals surface area contributed by atoms with E-state index in [-0.39, 0.29) is 11.4 Å². The van der Waals surface area contributed by atoms with Gasteiger partial charge < -0.3 is 9.64 Å². The number of nitrogens with zero attached hydrogens (tertiary/aromatic N) is 2. The quantitative estimate of drug-likeness (QED) is 0.206. The number of hydrogen-bond donors (Lipinski definition) is 0. The van der Waals surface area contributed by atoms with Crippen LogP contribution in [0.3, 0.4) is 0 Å². The summed E-state index contributed by atoms with van der Waals surface area (Å²) in [4.78, 5) is 19.2. The first-order valence-electron chi connectivity index (χ1n) is 14.1. The van der Waals surface area contributed by atoms with Gasteiger partial charge in [0.2, 0.25) is 0 Å². The number of alkyl halides is 3. The zero-order chi connectivity index (χ0) is 29.1. The van der Waals surface area contributed by atoms with Crippen molar-refractivity contribution in [2.75, 3.05) is 13.1 Å². The van der Waals surface area contributed by atoms with Crippen molar-refractivity contribution in [3.63, 3.8) is 0 Å². The van der Waals surface area contributed by atoms with Crippen LogP contribution >= 0.6 is 0 Å². The van der Waals surface area contributed by atoms with E-state index in [0.29, 0.717) is 40.0 Å². The second-order valence-electron chi connectivity index (χ2n) is 10.5. The summed E-state index contributed by atoms with van der Waals surface area (Å²) < 4.78 is 48.0. The predicted molar refractivity (Wildman–Crippen MR) is 158 cm³/mol. The molecule has 212 valence electrons. The zero-order valence-corrected chi connectivity index (χ0v) is 22.9. The number of carbonyl (C=O) groups excluding carboxylic acids is 1. The molecule has 1 amide bonds. The largest absolute Gasteiger partial charge is 0.457 e. The van der Waals surface area contributed by atoms with Gasteiger partial charge in [-0.2, -0.15) is 13.2 Å². The van der Waals surface area contributed by atoms with Crippen molar-refractivity contribution >= 4 is 16.8 Å². The predicted octanol–water partition coefficient (Wildman–Crippen LogP) is 8.93. The van der Waals surface area contributed by atoms with Crippen LogP contribution in [-0.4, -0.2) is 28.9 Å². The van der Waals surface area contributed by atoms with Crippen LogP contribution in [0.25, 0.3) is 22.0 Å². The third-order valence-corrected chi connectivity index (χ3v) is 7.60. The number of benzene rings is 4. The lowest BCUT2D eigenvalue weighted by Crippen LogP contribution is -2.35. The Morgan fingerprint density at radius 1 is 0.810 bits per heavy atom. The van der Waals surface area contributed by atoms with Crippen LogP contribution in [0.5, 0.6) is 11.5 Å². The third-order valence-electron chi connectivity index (χ3n) is 7.60. The lowest BCUT2D eigenvalue weighted by Gasteiger charge is -2.26. The Balaban J connectivity index is 1.39. The number of likely N-dealkylation sites (tertiary alicyclic amines) is 1. The number of para-hydroxylation sites is 1. The maximum Gasteiger partial charge on any atom is 0.418 e. The van der Waals surface area contributed by atoms with Crippen molar-refractivity contribution in [1.29, 1.82) is 0 Å². The van der Waals surface area contributed by atoms with E-state index >= 15 is 0 Å². The van der Waals surface area contributed by atoms with Crippen molar-refractivity contribution in [1.82, 2.24) is 9.88 Å². The van der Waals surface area contributed by atoms with E-state index in [9.17, 15) is 18.0 Å². The Hall–Kier alpha value is -4.65. The van der Waals surface area contributed by atoms with Crippen LogP contribution in [0.1, 0.15) is 46.3 Å². The van der Waals surface area contributed by atoms with Gasteiger partial charge in [0.1, 0.15) is 11.5 Å². The molecule has 1 aliphatic heterocycles. The number of fused-ring (bicyclic) bond motifs is 1. The standard InChI is InChI=1S/C35H29F3N2O2/c36-35(37,38)31-17-9-16-30-32(27(23-39-33(30)31)20-24-10-3-1-4-11-24)25-12-7-14-28(21-25)42-29-15-8-13-26(22-29)34(41)40-18-5-2-6-19-40/h1,3-4,7-17,21-23H,2,5-6,18-20H2. The van der Waals surface area contributed by atoms with Gasteiger partial charge in [0.15, 0.2) is 0 Å². The number of rotatable bonds is 6. The van der Waals surface area contributed by atoms with E-state index in [1.165, 1.54) is 6.07 Å². The molecule has 4 aromatic carbocycles. The second kappa shape index (κ2) is 11.7. The van der Waals surface area contributed by atoms with Crippen molar-refractivity contribution in [3.8, 4) is 22.6 Å². The van der Waals surface area contributed by atoms with Crippen LogP contribution in [0.15, 0.2) is 103 Å². The molecule has 1 saturated heterocycles. The van der Waals surface area contributed by atoms with Crippen LogP contribution in [0.2, 0.25) is 0 Å². The summed E-state index contributed by atoms with van der Waals surface area (Å²) in [6.45, 7) is 1.51. The van der Waals surface area contributed by atoms with Crippen LogP contribution in [0, 0.1) is 0 Å². The van der Waals surface area contributed by atoms with Gasteiger partial charge in [-0.15, -0.1) is 0 Å². The third kappa shape index (κ3) is 5.86. The van der Waals surface area contributed by atoms with Gasteiger partial charge in [-0.3, -0.25) is 9.78 Å². The van der Waals surface area contributed by atoms with Gasteiger partial charge in [-0.05, 0) is 84.3 Å². The van der Waals surface area contributed by atoms with Gasteiger partial charge in [-0.25, -0.2) is 0 Å². The number of piperidine rings is 1. The lowest BCUT2D eigenvalue weighted by molar-refractivity contribution is -0.136. The molecule has 6 rings (SSSR count). The highest BCUT2D eigenvalue weighted by Gasteiger charge is 2.33. The Labute approximate surface area is 242 Å². The summed E-state index contributed by atoms with van der Waals surface area (Å²) in [5.41, 5.74) is 2.92. The van der Waals surface area contributed by atoms with E-state index in [0.717, 1.165) is 49.5 Å². The number of halogens is 3. The molecule has 0 radical (unpaired) electrons. The van der Waals surface area contributed by atoms with E-state index in [1.54, 1.807) is 42.6 Å². The number of ether oxygens (including phenoxy) is 1. The molecule has 2 heterocycles. The smallest absolute Gasteiger partial charge is 0.418 e. The van der Waals surface area contributed by atoms with Gasteiger partial charge >= 0.3 is 6.18 Å². The molecule has 42 heavy (non-hydrogen) atoms. The number of hydrogen-bond acceptors (Lipinski definition) is 3. The van der Waals surface area contributed by atoms with E-state index in [1.807, 2.05) is 53.4 Å². The summed E-state index contributed by atoms with van der Waals surface area (Å²) in [5, 5.41) is 0.421. The topological polar surface area (TPSA) is 42.4 Å². The van der Waals surface area contributed by atoms with E-state index in [2.05, 4.69) is 4.98 Å². The molecule has 0 N–H and O–H groups in total. The fourth-order valence-corrected chi connectivity index (χ4v) is 5.61. The molecule has 0 bridgehead atoms. The van der Waals surface area contributed by atoms with Crippen molar-refractivity contribution in [2.24, 2.45) is 0 Å². The summed E-state index contributed by atoms with van der Waals surface area (Å²) in [5.74, 6) is 1.01. The Morgan fingerprint density at radius 2 is 1.52 bits per heavy atom. The molecule has 1 aromatic heterocycles. The van der Waals surface area contributed by atoms with Gasteiger partial charge in [0.25, 0.3) is 5.91 Å². The van der Waals surface area contributed by atoms with E-state index < -0.39 is 11.7 Å². The van der Waals surface area contributed by atoms with Crippen molar-refractivity contribution in [3.05, 3.63) is 126 Å². The summed E-state index contributed by atoms with van der Waals surface area (Å²) in [6.07, 6.45) is 0.668. The van der Waals surface area contributed by atoms with Gasteiger partial charge in [0.05, 0.1) is 11.1 Å². The molecular formula is C35H29F3N2O2. The normalized spacial score (nSPS) is 13.7. The lowest BCUT2D eigenvalue weighted by atomic mass is 9.92. The monoisotopic (exact) mass is 566 g/mol. The summed E-state index contributed by atoms with van der Waals surface area (Å²) in [6, 6.07) is 28.4. The highest BCUT2D eigenvalue weighted by atomic mass is 19.4. The first-order valence-corrected chi connectivity index (χ1v) is 14.1. The number of pyridine rings is 1. The Kier molecular flexibility index (Phi) is 7.66. The first kappa shape index (κ1) is 27.5. The molecular weight excluding hydrogens is 537 g/mol. The molecule has 0 unspecified atom stereocenters. The fourth-order valence-electron chi connectivity index (χ4n) is 5.61. The molecule has 0 atom stereocenters. The van der Waals surface area contributed by atoms with Crippen molar-refractivity contribution in [2.45, 2.75) is 31.9 Å². The van der Waals surface area contributed by atoms with Crippen LogP contribution < -0.4 is 4.74 Å². The second-order valence-corrected chi connectivity index (χ2v) is 10.5. The number of carbonyl (C=O) groups is 1. The summed E-state index contributed by atoms with van der Waals surface area (Å²) in [7, 11) is 0. The zero-order valence-electron chi connectivity index (χ0n) is 22.9. The molecule has 1 fully saturated rings. The molecule has 7 heteroatoms. The number of aromatic nitrogens is 1. The molecule has 1 aliphatic rings. The maximum absolute atomic E-state index is 13.9. The highest BCUT2D eigenvalue weighted by Crippen LogP contribution is 2.40. The fraction of sp³-hybridized carbons (Fsp3) is 0.200. The molecule has 0 aliphatic carbocycles. The van der Waals surface area contributed by atoms with Gasteiger partial charge in [0, 0.05) is 30.2 Å². The first-order chi connectivity index (χ1) is 20.4. The van der Waals surface area contributed by atoms with Crippen molar-refractivity contribution < 1.29 is 22.7 Å². The van der Waals surface area contributed by atoms with E-state index in [4.69, 9.17) is 4.74 Å². The average molecular weight is 567 g/mol. The SMILES string of the molecule is O=C(c1cccc(Oc2cccc(-c3c(Cc4ccccc4)cnc4c(C(F)(F)F)cccc34)c2)c1)N1CCCCC1. The molecule has 4 nitrogen and oxygen atoms in total. The Morgan fingerprint density at radius 3 is 2.29 bits per heavy atom. The van der Waals surface area contributed by atoms with Crippen LogP contribution in [-0.2, 0) is 12.6 Å². The average Bonchev–Trinajstić information content (AvgIpc) is 3.01. The number of amides is 1. The molecule has 0 spiro atoms. The van der Waals surface area contributed by atoms with Gasteiger partial charge in [-0.1, -0.05) is 60.7 Å². The minimum Gasteiger partial charge on any atom is -0.457 e. The minimum absolute atomic E-state index is 0.0109. The molecule has 0 saturated carbocycles. The maximum atomic E-state index is 13.9. The highest BCUT2D eigenvalue weighted by molar-refractivity contribution is 5.98. The Bertz CT molecular complexity index is 1730.